The van der Waals surface area contributed by atoms with Crippen LogP contribution in [0.15, 0.2) is 58.6 Å². The van der Waals surface area contributed by atoms with Crippen molar-refractivity contribution < 1.29 is 13.3 Å². The van der Waals surface area contributed by atoms with Crippen LogP contribution in [0.1, 0.15) is 12.5 Å². The molecule has 1 aromatic carbocycles. The lowest BCUT2D eigenvalue weighted by molar-refractivity contribution is -0.917. The lowest BCUT2D eigenvalue weighted by atomic mass is 10.2. The van der Waals surface area contributed by atoms with E-state index in [1.165, 1.54) is 28.4 Å². The molecule has 1 fully saturated rings. The van der Waals surface area contributed by atoms with Crippen molar-refractivity contribution in [3.63, 3.8) is 0 Å². The third-order valence-corrected chi connectivity index (χ3v) is 7.38. The van der Waals surface area contributed by atoms with Crippen molar-refractivity contribution in [2.45, 2.75) is 28.6 Å². The van der Waals surface area contributed by atoms with Gasteiger partial charge in [0.15, 0.2) is 0 Å². The van der Waals surface area contributed by atoms with Gasteiger partial charge < -0.3 is 4.90 Å². The minimum atomic E-state index is -3.53. The fourth-order valence-electron chi connectivity index (χ4n) is 3.05. The lowest BCUT2D eigenvalue weighted by Gasteiger charge is -2.31. The van der Waals surface area contributed by atoms with E-state index in [4.69, 9.17) is 5.26 Å². The molecule has 1 aliphatic heterocycles. The molecule has 2 heterocycles. The summed E-state index contributed by atoms with van der Waals surface area (Å²) in [5.41, 5.74) is 1.27. The number of thioether (sulfide) groups is 1. The highest BCUT2D eigenvalue weighted by molar-refractivity contribution is 8.00. The van der Waals surface area contributed by atoms with Crippen LogP contribution in [0.4, 0.5) is 0 Å². The smallest absolute Gasteiger partial charge is 0.245 e. The fraction of sp³-hybridized carbons (Fsp3) is 0.368. The van der Waals surface area contributed by atoms with E-state index in [9.17, 15) is 8.42 Å². The SMILES string of the molecule is C[C@@H](C#N)Sc1ccc(S(=O)(=O)N2CC[NH+](Cc3ccccc3)CC2)cn1. The van der Waals surface area contributed by atoms with E-state index in [2.05, 4.69) is 23.2 Å². The Morgan fingerprint density at radius 2 is 1.93 bits per heavy atom. The fourth-order valence-corrected chi connectivity index (χ4v) is 5.11. The van der Waals surface area contributed by atoms with Gasteiger partial charge >= 0.3 is 0 Å². The second kappa shape index (κ2) is 8.85. The number of hydrogen-bond donors (Lipinski definition) is 1. The Balaban J connectivity index is 1.60. The molecule has 6 nitrogen and oxygen atoms in total. The summed E-state index contributed by atoms with van der Waals surface area (Å²) in [6.45, 7) is 5.29. The number of hydrogen-bond acceptors (Lipinski definition) is 5. The number of sulfonamides is 1. The van der Waals surface area contributed by atoms with Crippen LogP contribution in [-0.2, 0) is 16.6 Å². The average molecular weight is 404 g/mol. The third-order valence-electron chi connectivity index (χ3n) is 4.55. The first-order valence-corrected chi connectivity index (χ1v) is 11.2. The van der Waals surface area contributed by atoms with Gasteiger partial charge in [-0.25, -0.2) is 13.4 Å². The van der Waals surface area contributed by atoms with Crippen molar-refractivity contribution in [3.05, 3.63) is 54.2 Å². The molecule has 142 valence electrons. The standard InChI is InChI=1S/C19H22N4O2S2/c1-16(13-20)26-19-8-7-18(14-21-19)27(24,25)23-11-9-22(10-12-23)15-17-5-3-2-4-6-17/h2-8,14,16H,9-12,15H2,1H3/p+1/t16-/m0/s1. The second-order valence-corrected chi connectivity index (χ2v) is 9.84. The van der Waals surface area contributed by atoms with Gasteiger partial charge in [0, 0.05) is 11.8 Å². The van der Waals surface area contributed by atoms with Gasteiger partial charge in [0.1, 0.15) is 11.4 Å². The van der Waals surface area contributed by atoms with Gasteiger partial charge in [-0.1, -0.05) is 42.1 Å². The van der Waals surface area contributed by atoms with E-state index in [0.717, 1.165) is 19.6 Å². The Hall–Kier alpha value is -1.92. The van der Waals surface area contributed by atoms with E-state index in [1.54, 1.807) is 23.4 Å². The predicted molar refractivity (Wildman–Crippen MR) is 105 cm³/mol. The Labute approximate surface area is 164 Å². The van der Waals surface area contributed by atoms with Gasteiger partial charge in [0.25, 0.3) is 0 Å². The zero-order valence-corrected chi connectivity index (χ0v) is 16.8. The minimum Gasteiger partial charge on any atom is -0.329 e. The van der Waals surface area contributed by atoms with Crippen LogP contribution in [-0.4, -0.2) is 49.1 Å². The summed E-state index contributed by atoms with van der Waals surface area (Å²) < 4.78 is 27.3. The summed E-state index contributed by atoms with van der Waals surface area (Å²) in [6, 6.07) is 15.6. The van der Waals surface area contributed by atoms with Gasteiger partial charge in [-0.05, 0) is 19.1 Å². The van der Waals surface area contributed by atoms with Gasteiger partial charge in [-0.3, -0.25) is 0 Å². The number of nitriles is 1. The molecule has 0 aliphatic carbocycles. The Kier molecular flexibility index (Phi) is 6.50. The molecule has 8 heteroatoms. The molecular weight excluding hydrogens is 380 g/mol. The number of piperazine rings is 1. The van der Waals surface area contributed by atoms with Crippen molar-refractivity contribution >= 4 is 21.8 Å². The first kappa shape index (κ1) is 19.8. The molecule has 0 unspecified atom stereocenters. The number of benzene rings is 1. The number of rotatable bonds is 6. The number of quaternary nitrogens is 1. The molecule has 2 aromatic rings. The molecule has 3 rings (SSSR count). The summed E-state index contributed by atoms with van der Waals surface area (Å²) in [4.78, 5) is 5.80. The average Bonchev–Trinajstić information content (AvgIpc) is 2.69. The monoisotopic (exact) mass is 403 g/mol. The first-order chi connectivity index (χ1) is 13.0. The van der Waals surface area contributed by atoms with E-state index in [1.807, 2.05) is 18.2 Å². The lowest BCUT2D eigenvalue weighted by Crippen LogP contribution is -3.13. The van der Waals surface area contributed by atoms with Crippen molar-refractivity contribution in [2.24, 2.45) is 0 Å². The molecule has 0 spiro atoms. The van der Waals surface area contributed by atoms with E-state index in [0.29, 0.717) is 18.1 Å². The molecule has 27 heavy (non-hydrogen) atoms. The number of pyridine rings is 1. The maximum Gasteiger partial charge on any atom is 0.245 e. The Bertz CT molecular complexity index is 888. The van der Waals surface area contributed by atoms with E-state index >= 15 is 0 Å². The van der Waals surface area contributed by atoms with Crippen molar-refractivity contribution in [1.29, 1.82) is 5.26 Å². The summed E-state index contributed by atoms with van der Waals surface area (Å²) in [6.07, 6.45) is 1.39. The summed E-state index contributed by atoms with van der Waals surface area (Å²) >= 11 is 1.32. The largest absolute Gasteiger partial charge is 0.329 e. The quantitative estimate of drug-likeness (QED) is 0.733. The molecule has 1 N–H and O–H groups in total. The molecule has 1 atom stereocenters. The normalized spacial score (nSPS) is 17.3. The molecule has 0 amide bonds. The van der Waals surface area contributed by atoms with E-state index in [-0.39, 0.29) is 10.1 Å². The number of aromatic nitrogens is 1. The second-order valence-electron chi connectivity index (χ2n) is 6.54. The summed E-state index contributed by atoms with van der Waals surface area (Å²) in [5.74, 6) is 0. The summed E-state index contributed by atoms with van der Waals surface area (Å²) in [5, 5.41) is 9.29. The van der Waals surface area contributed by atoms with Crippen LogP contribution in [0.5, 0.6) is 0 Å². The van der Waals surface area contributed by atoms with Crippen LogP contribution in [0, 0.1) is 11.3 Å². The molecule has 1 aromatic heterocycles. The van der Waals surface area contributed by atoms with Crippen molar-refractivity contribution in [3.8, 4) is 6.07 Å². The first-order valence-electron chi connectivity index (χ1n) is 8.89. The van der Waals surface area contributed by atoms with Gasteiger partial charge in [0.2, 0.25) is 10.0 Å². The Morgan fingerprint density at radius 1 is 1.22 bits per heavy atom. The predicted octanol–water partition coefficient (Wildman–Crippen LogP) is 1.18. The zero-order chi connectivity index (χ0) is 19.3. The molecule has 0 radical (unpaired) electrons. The molecule has 1 saturated heterocycles. The van der Waals surface area contributed by atoms with Gasteiger partial charge in [0.05, 0.1) is 42.5 Å². The van der Waals surface area contributed by atoms with Gasteiger partial charge in [-0.15, -0.1) is 0 Å². The van der Waals surface area contributed by atoms with Crippen LogP contribution >= 0.6 is 11.8 Å². The minimum absolute atomic E-state index is 0.211. The topological polar surface area (TPSA) is 78.5 Å². The van der Waals surface area contributed by atoms with Crippen molar-refractivity contribution in [2.75, 3.05) is 26.2 Å². The van der Waals surface area contributed by atoms with Crippen molar-refractivity contribution in [1.82, 2.24) is 9.29 Å². The summed E-state index contributed by atoms with van der Waals surface area (Å²) in [7, 11) is -3.53. The van der Waals surface area contributed by atoms with Crippen LogP contribution in [0.25, 0.3) is 0 Å². The molecule has 1 aliphatic rings. The maximum absolute atomic E-state index is 12.9. The van der Waals surface area contributed by atoms with E-state index < -0.39 is 10.0 Å². The number of nitrogens with zero attached hydrogens (tertiary/aromatic N) is 3. The molecule has 0 bridgehead atoms. The Morgan fingerprint density at radius 3 is 2.52 bits per heavy atom. The van der Waals surface area contributed by atoms with Crippen LogP contribution in [0.2, 0.25) is 0 Å². The van der Waals surface area contributed by atoms with Crippen LogP contribution in [0.3, 0.4) is 0 Å². The third kappa shape index (κ3) is 5.08. The maximum atomic E-state index is 12.9. The number of nitrogens with one attached hydrogen (secondary N) is 1. The zero-order valence-electron chi connectivity index (χ0n) is 15.2. The van der Waals surface area contributed by atoms with Gasteiger partial charge in [-0.2, -0.15) is 9.57 Å². The van der Waals surface area contributed by atoms with Crippen LogP contribution < -0.4 is 4.90 Å². The highest BCUT2D eigenvalue weighted by atomic mass is 32.2. The highest BCUT2D eigenvalue weighted by Gasteiger charge is 2.30. The molecular formula is C19H23N4O2S2+. The molecule has 0 saturated carbocycles. The highest BCUT2D eigenvalue weighted by Crippen LogP contribution is 2.22.